The van der Waals surface area contributed by atoms with Gasteiger partial charge in [-0.15, -0.1) is 0 Å². The van der Waals surface area contributed by atoms with Gasteiger partial charge in [0.05, 0.1) is 6.61 Å². The zero-order chi connectivity index (χ0) is 11.3. The quantitative estimate of drug-likeness (QED) is 0.681. The summed E-state index contributed by atoms with van der Waals surface area (Å²) in [6.45, 7) is 6.93. The van der Waals surface area contributed by atoms with Crippen LogP contribution in [-0.4, -0.2) is 30.9 Å². The highest BCUT2D eigenvalue weighted by Crippen LogP contribution is 2.07. The number of carbonyl (C=O) groups is 1. The first-order valence-electron chi connectivity index (χ1n) is 5.29. The maximum atomic E-state index is 11.3. The normalized spacial score (nSPS) is 22.2. The molecule has 1 rings (SSSR count). The highest BCUT2D eigenvalue weighted by atomic mass is 16.6. The highest BCUT2D eigenvalue weighted by Gasteiger charge is 2.18. The zero-order valence-electron chi connectivity index (χ0n) is 9.63. The molecule has 5 nitrogen and oxygen atoms in total. The van der Waals surface area contributed by atoms with E-state index in [9.17, 15) is 4.79 Å². The average molecular weight is 216 g/mol. The van der Waals surface area contributed by atoms with Crippen molar-refractivity contribution in [2.24, 2.45) is 0 Å². The number of rotatable bonds is 2. The van der Waals surface area contributed by atoms with Crippen LogP contribution in [0.4, 0.5) is 4.79 Å². The predicted octanol–water partition coefficient (Wildman–Crippen LogP) is 1.19. The minimum absolute atomic E-state index is 0.186. The first-order valence-corrected chi connectivity index (χ1v) is 5.29. The summed E-state index contributed by atoms with van der Waals surface area (Å²) >= 11 is 0. The minimum Gasteiger partial charge on any atom is -0.443 e. The Labute approximate surface area is 90.5 Å². The van der Waals surface area contributed by atoms with Gasteiger partial charge in [-0.1, -0.05) is 0 Å². The first kappa shape index (κ1) is 12.3. The Balaban J connectivity index is 2.15. The number of hydrazine groups is 1. The fourth-order valence-corrected chi connectivity index (χ4v) is 1.32. The zero-order valence-corrected chi connectivity index (χ0v) is 9.63. The maximum Gasteiger partial charge on any atom is 0.422 e. The van der Waals surface area contributed by atoms with Crippen LogP contribution in [0.3, 0.4) is 0 Å². The van der Waals surface area contributed by atoms with Gasteiger partial charge in [0, 0.05) is 12.6 Å². The molecule has 1 heterocycles. The monoisotopic (exact) mass is 216 g/mol. The van der Waals surface area contributed by atoms with E-state index in [4.69, 9.17) is 9.47 Å². The number of ether oxygens (including phenoxy) is 2. The molecule has 1 aliphatic rings. The molecule has 2 N–H and O–H groups in total. The van der Waals surface area contributed by atoms with E-state index in [1.807, 2.05) is 20.8 Å². The van der Waals surface area contributed by atoms with Crippen molar-refractivity contribution in [1.29, 1.82) is 0 Å². The molecule has 0 aromatic carbocycles. The van der Waals surface area contributed by atoms with Crippen LogP contribution in [0.15, 0.2) is 0 Å². The molecular formula is C10H20N2O3. The Bertz CT molecular complexity index is 207. The fraction of sp³-hybridized carbons (Fsp3) is 0.900. The van der Waals surface area contributed by atoms with Crippen LogP contribution in [-0.2, 0) is 9.47 Å². The van der Waals surface area contributed by atoms with Gasteiger partial charge >= 0.3 is 6.09 Å². The van der Waals surface area contributed by atoms with Crippen molar-refractivity contribution in [3.8, 4) is 0 Å². The molecule has 0 aliphatic carbocycles. The molecule has 15 heavy (non-hydrogen) atoms. The van der Waals surface area contributed by atoms with Crippen molar-refractivity contribution in [1.82, 2.24) is 10.9 Å². The molecule has 1 saturated heterocycles. The van der Waals surface area contributed by atoms with Crippen LogP contribution in [0, 0.1) is 0 Å². The topological polar surface area (TPSA) is 59.6 Å². The van der Waals surface area contributed by atoms with Gasteiger partial charge in [0.15, 0.2) is 0 Å². The summed E-state index contributed by atoms with van der Waals surface area (Å²) in [4.78, 5) is 11.3. The van der Waals surface area contributed by atoms with Crippen molar-refractivity contribution in [2.75, 3.05) is 13.2 Å². The lowest BCUT2D eigenvalue weighted by Gasteiger charge is -2.25. The van der Waals surface area contributed by atoms with E-state index in [1.165, 1.54) is 0 Å². The maximum absolute atomic E-state index is 11.3. The summed E-state index contributed by atoms with van der Waals surface area (Å²) in [6, 6.07) is 0.186. The van der Waals surface area contributed by atoms with Crippen LogP contribution >= 0.6 is 0 Å². The molecule has 1 fully saturated rings. The van der Waals surface area contributed by atoms with E-state index in [-0.39, 0.29) is 6.04 Å². The van der Waals surface area contributed by atoms with E-state index in [0.29, 0.717) is 6.61 Å². The van der Waals surface area contributed by atoms with Gasteiger partial charge in [0.25, 0.3) is 0 Å². The van der Waals surface area contributed by atoms with Crippen molar-refractivity contribution >= 4 is 6.09 Å². The Morgan fingerprint density at radius 2 is 2.20 bits per heavy atom. The second-order valence-corrected chi connectivity index (χ2v) is 4.69. The molecule has 0 unspecified atom stereocenters. The average Bonchev–Trinajstić information content (AvgIpc) is 2.14. The molecular weight excluding hydrogens is 196 g/mol. The predicted molar refractivity (Wildman–Crippen MR) is 56.3 cm³/mol. The summed E-state index contributed by atoms with van der Waals surface area (Å²) in [5.41, 5.74) is 4.95. The summed E-state index contributed by atoms with van der Waals surface area (Å²) < 4.78 is 10.3. The molecule has 1 aliphatic heterocycles. The van der Waals surface area contributed by atoms with E-state index in [2.05, 4.69) is 10.9 Å². The molecule has 0 bridgehead atoms. The van der Waals surface area contributed by atoms with Crippen molar-refractivity contribution < 1.29 is 14.3 Å². The molecule has 1 atom stereocenters. The van der Waals surface area contributed by atoms with Gasteiger partial charge < -0.3 is 9.47 Å². The third kappa shape index (κ3) is 5.59. The molecule has 0 saturated carbocycles. The Morgan fingerprint density at radius 1 is 1.47 bits per heavy atom. The lowest BCUT2D eigenvalue weighted by atomic mass is 10.1. The van der Waals surface area contributed by atoms with E-state index in [0.717, 1.165) is 19.4 Å². The number of carbonyl (C=O) groups excluding carboxylic acids is 1. The molecule has 0 aromatic heterocycles. The summed E-state index contributed by atoms with van der Waals surface area (Å²) in [7, 11) is 0. The van der Waals surface area contributed by atoms with Crippen molar-refractivity contribution in [3.05, 3.63) is 0 Å². The number of nitrogens with one attached hydrogen (secondary N) is 2. The Morgan fingerprint density at radius 3 is 2.73 bits per heavy atom. The Hall–Kier alpha value is -0.810. The molecule has 88 valence electrons. The Kier molecular flexibility index (Phi) is 4.35. The van der Waals surface area contributed by atoms with Gasteiger partial charge in [-0.2, -0.15) is 0 Å². The SMILES string of the molecule is CC(C)(C)OC(=O)NN[C@@H]1CCCOC1. The molecule has 0 radical (unpaired) electrons. The van der Waals surface area contributed by atoms with Crippen molar-refractivity contribution in [2.45, 2.75) is 45.3 Å². The van der Waals surface area contributed by atoms with Crippen molar-refractivity contribution in [3.63, 3.8) is 0 Å². The van der Waals surface area contributed by atoms with E-state index in [1.54, 1.807) is 0 Å². The summed E-state index contributed by atoms with van der Waals surface area (Å²) in [6.07, 6.45) is 1.58. The van der Waals surface area contributed by atoms with Gasteiger partial charge in [0.2, 0.25) is 0 Å². The fourth-order valence-electron chi connectivity index (χ4n) is 1.32. The van der Waals surface area contributed by atoms with Gasteiger partial charge in [-0.05, 0) is 33.6 Å². The lowest BCUT2D eigenvalue weighted by Crippen LogP contribution is -2.49. The molecule has 1 amide bonds. The third-order valence-electron chi connectivity index (χ3n) is 1.94. The van der Waals surface area contributed by atoms with Crippen LogP contribution in [0.1, 0.15) is 33.6 Å². The third-order valence-corrected chi connectivity index (χ3v) is 1.94. The number of amides is 1. The molecule has 0 aromatic rings. The summed E-state index contributed by atoms with van der Waals surface area (Å²) in [5, 5.41) is 0. The second kappa shape index (κ2) is 5.32. The second-order valence-electron chi connectivity index (χ2n) is 4.69. The van der Waals surface area contributed by atoms with Crippen LogP contribution in [0.2, 0.25) is 0 Å². The number of hydrogen-bond donors (Lipinski definition) is 2. The lowest BCUT2D eigenvalue weighted by molar-refractivity contribution is 0.0392. The van der Waals surface area contributed by atoms with E-state index >= 15 is 0 Å². The largest absolute Gasteiger partial charge is 0.443 e. The van der Waals surface area contributed by atoms with Crippen LogP contribution < -0.4 is 10.9 Å². The smallest absolute Gasteiger partial charge is 0.422 e. The first-order chi connectivity index (χ1) is 6.97. The van der Waals surface area contributed by atoms with Gasteiger partial charge in [0.1, 0.15) is 5.60 Å². The highest BCUT2D eigenvalue weighted by molar-refractivity contribution is 5.67. The van der Waals surface area contributed by atoms with Gasteiger partial charge in [-0.3, -0.25) is 5.43 Å². The summed E-state index contributed by atoms with van der Waals surface area (Å²) in [5.74, 6) is 0. The van der Waals surface area contributed by atoms with E-state index < -0.39 is 11.7 Å². The minimum atomic E-state index is -0.463. The van der Waals surface area contributed by atoms with Crippen LogP contribution in [0.5, 0.6) is 0 Å². The van der Waals surface area contributed by atoms with Gasteiger partial charge in [-0.25, -0.2) is 10.2 Å². The van der Waals surface area contributed by atoms with Crippen LogP contribution in [0.25, 0.3) is 0 Å². The molecule has 0 spiro atoms. The number of hydrogen-bond acceptors (Lipinski definition) is 4. The standard InChI is InChI=1S/C10H20N2O3/c1-10(2,3)15-9(13)12-11-8-5-4-6-14-7-8/h8,11H,4-7H2,1-3H3,(H,12,13)/t8-/m1/s1. The molecule has 5 heteroatoms.